The molecule has 0 unspecified atom stereocenters. The molecule has 0 spiro atoms. The van der Waals surface area contributed by atoms with Crippen LogP contribution in [-0.2, 0) is 24.5 Å². The van der Waals surface area contributed by atoms with Gasteiger partial charge in [-0.05, 0) is 50.0 Å². The second kappa shape index (κ2) is 9.73. The van der Waals surface area contributed by atoms with Gasteiger partial charge in [0.1, 0.15) is 17.9 Å². The molecule has 1 aliphatic heterocycles. The molecule has 152 valence electrons. The van der Waals surface area contributed by atoms with Crippen LogP contribution in [0.15, 0.2) is 47.4 Å². The van der Waals surface area contributed by atoms with Gasteiger partial charge in [-0.25, -0.2) is 4.98 Å². The number of benzene rings is 1. The molecular formula is C22H27N5O2. The van der Waals surface area contributed by atoms with Crippen LogP contribution < -0.4 is 16.2 Å². The molecule has 0 amide bonds. The first-order valence-corrected chi connectivity index (χ1v) is 10.2. The second-order valence-corrected chi connectivity index (χ2v) is 7.47. The van der Waals surface area contributed by atoms with E-state index in [1.807, 2.05) is 30.3 Å². The summed E-state index contributed by atoms with van der Waals surface area (Å²) in [6.45, 7) is 4.44. The van der Waals surface area contributed by atoms with Gasteiger partial charge >= 0.3 is 0 Å². The number of nitrogens with one attached hydrogen (secondary N) is 3. The van der Waals surface area contributed by atoms with Crippen LogP contribution in [0.4, 0.5) is 0 Å². The average molecular weight is 393 g/mol. The van der Waals surface area contributed by atoms with Gasteiger partial charge in [-0.15, -0.1) is 0 Å². The van der Waals surface area contributed by atoms with Crippen LogP contribution in [0.2, 0.25) is 0 Å². The number of pyridine rings is 1. The van der Waals surface area contributed by atoms with E-state index in [1.54, 1.807) is 12.3 Å². The van der Waals surface area contributed by atoms with E-state index in [4.69, 9.17) is 4.74 Å². The molecule has 0 bridgehead atoms. The topological polar surface area (TPSA) is 91.9 Å². The molecule has 1 aromatic carbocycles. The van der Waals surface area contributed by atoms with E-state index in [9.17, 15) is 4.79 Å². The quantitative estimate of drug-likeness (QED) is 0.543. The normalized spacial score (nSPS) is 15.0. The van der Waals surface area contributed by atoms with Crippen LogP contribution in [0.1, 0.15) is 29.9 Å². The van der Waals surface area contributed by atoms with Crippen LogP contribution in [0.5, 0.6) is 0 Å². The largest absolute Gasteiger partial charge is 0.369 e. The number of aromatic amines is 1. The van der Waals surface area contributed by atoms with Gasteiger partial charge in [0.05, 0.1) is 17.7 Å². The Morgan fingerprint density at radius 1 is 1.10 bits per heavy atom. The van der Waals surface area contributed by atoms with Gasteiger partial charge in [0, 0.05) is 12.7 Å². The van der Waals surface area contributed by atoms with Crippen molar-refractivity contribution >= 4 is 10.9 Å². The number of nitrogens with zero attached hydrogens (tertiary/aromatic N) is 2. The van der Waals surface area contributed by atoms with Gasteiger partial charge in [-0.3, -0.25) is 9.78 Å². The van der Waals surface area contributed by atoms with Crippen LogP contribution in [0.3, 0.4) is 0 Å². The SMILES string of the molecule is O=c1[nH]c(COCc2ccccc2)nc2c(CNCC3CCNCC3)nccc12. The lowest BCUT2D eigenvalue weighted by Crippen LogP contribution is -2.33. The van der Waals surface area contributed by atoms with Gasteiger partial charge < -0.3 is 20.4 Å². The van der Waals surface area contributed by atoms with Gasteiger partial charge in [-0.1, -0.05) is 30.3 Å². The minimum atomic E-state index is -0.157. The highest BCUT2D eigenvalue weighted by atomic mass is 16.5. The zero-order valence-electron chi connectivity index (χ0n) is 16.5. The summed E-state index contributed by atoms with van der Waals surface area (Å²) in [4.78, 5) is 24.4. The highest BCUT2D eigenvalue weighted by Crippen LogP contribution is 2.13. The van der Waals surface area contributed by atoms with E-state index < -0.39 is 0 Å². The molecule has 3 N–H and O–H groups in total. The molecule has 4 rings (SSSR count). The molecule has 7 nitrogen and oxygen atoms in total. The van der Waals surface area contributed by atoms with Crippen LogP contribution in [-0.4, -0.2) is 34.6 Å². The third-order valence-electron chi connectivity index (χ3n) is 5.28. The number of rotatable bonds is 8. The zero-order valence-corrected chi connectivity index (χ0v) is 16.5. The zero-order chi connectivity index (χ0) is 19.9. The second-order valence-electron chi connectivity index (χ2n) is 7.47. The standard InChI is InChI=1S/C22H27N5O2/c28-22-18-8-11-25-19(13-24-12-16-6-9-23-10-7-16)21(18)26-20(27-22)15-29-14-17-4-2-1-3-5-17/h1-5,8,11,16,23-24H,6-7,9-10,12-15H2,(H,26,27,28). The van der Waals surface area contributed by atoms with Crippen molar-refractivity contribution in [3.8, 4) is 0 Å². The monoisotopic (exact) mass is 393 g/mol. The number of hydrogen-bond donors (Lipinski definition) is 3. The molecule has 3 heterocycles. The van der Waals surface area contributed by atoms with E-state index in [0.29, 0.717) is 35.8 Å². The van der Waals surface area contributed by atoms with E-state index >= 15 is 0 Å². The number of ether oxygens (including phenoxy) is 1. The van der Waals surface area contributed by atoms with Gasteiger partial charge in [-0.2, -0.15) is 0 Å². The lowest BCUT2D eigenvalue weighted by atomic mass is 9.98. The lowest BCUT2D eigenvalue weighted by Gasteiger charge is -2.22. The van der Waals surface area contributed by atoms with Gasteiger partial charge in [0.15, 0.2) is 0 Å². The Bertz CT molecular complexity index is 983. The Hall–Kier alpha value is -2.61. The van der Waals surface area contributed by atoms with E-state index in [1.165, 1.54) is 12.8 Å². The minimum Gasteiger partial charge on any atom is -0.369 e. The molecule has 0 radical (unpaired) electrons. The number of H-pyrrole nitrogens is 1. The molecule has 0 aliphatic carbocycles. The third-order valence-corrected chi connectivity index (χ3v) is 5.28. The highest BCUT2D eigenvalue weighted by Gasteiger charge is 2.14. The number of hydrogen-bond acceptors (Lipinski definition) is 6. The van der Waals surface area contributed by atoms with Crippen molar-refractivity contribution in [2.75, 3.05) is 19.6 Å². The van der Waals surface area contributed by atoms with E-state index in [-0.39, 0.29) is 12.2 Å². The molecule has 1 saturated heterocycles. The summed E-state index contributed by atoms with van der Waals surface area (Å²) in [7, 11) is 0. The molecular weight excluding hydrogens is 366 g/mol. The van der Waals surface area contributed by atoms with E-state index in [0.717, 1.165) is 30.9 Å². The lowest BCUT2D eigenvalue weighted by molar-refractivity contribution is 0.102. The molecule has 7 heteroatoms. The van der Waals surface area contributed by atoms with Gasteiger partial charge in [0.2, 0.25) is 0 Å². The summed E-state index contributed by atoms with van der Waals surface area (Å²) in [6.07, 6.45) is 4.06. The van der Waals surface area contributed by atoms with E-state index in [2.05, 4.69) is 25.6 Å². The van der Waals surface area contributed by atoms with Crippen molar-refractivity contribution in [3.05, 3.63) is 70.0 Å². The fraction of sp³-hybridized carbons (Fsp3) is 0.409. The molecule has 1 aliphatic rings. The maximum absolute atomic E-state index is 12.5. The summed E-state index contributed by atoms with van der Waals surface area (Å²) >= 11 is 0. The van der Waals surface area contributed by atoms with Crippen molar-refractivity contribution in [1.82, 2.24) is 25.6 Å². The average Bonchev–Trinajstić information content (AvgIpc) is 2.76. The predicted molar refractivity (Wildman–Crippen MR) is 112 cm³/mol. The summed E-state index contributed by atoms with van der Waals surface area (Å²) in [6, 6.07) is 11.7. The van der Waals surface area contributed by atoms with Crippen molar-refractivity contribution in [1.29, 1.82) is 0 Å². The maximum Gasteiger partial charge on any atom is 0.258 e. The Balaban J connectivity index is 1.43. The fourth-order valence-electron chi connectivity index (χ4n) is 3.68. The summed E-state index contributed by atoms with van der Waals surface area (Å²) in [5, 5.41) is 7.44. The molecule has 2 aromatic heterocycles. The third kappa shape index (κ3) is 5.26. The van der Waals surface area contributed by atoms with Crippen molar-refractivity contribution in [3.63, 3.8) is 0 Å². The Morgan fingerprint density at radius 2 is 1.93 bits per heavy atom. The number of fused-ring (bicyclic) bond motifs is 1. The number of aromatic nitrogens is 3. The van der Waals surface area contributed by atoms with Crippen LogP contribution in [0, 0.1) is 5.92 Å². The Labute approximate surface area is 169 Å². The molecule has 3 aromatic rings. The first-order valence-electron chi connectivity index (χ1n) is 10.2. The number of piperidine rings is 1. The first kappa shape index (κ1) is 19.7. The summed E-state index contributed by atoms with van der Waals surface area (Å²) in [5.41, 5.74) is 2.37. The fourth-order valence-corrected chi connectivity index (χ4v) is 3.68. The van der Waals surface area contributed by atoms with Gasteiger partial charge in [0.25, 0.3) is 5.56 Å². The van der Waals surface area contributed by atoms with Crippen LogP contribution >= 0.6 is 0 Å². The highest BCUT2D eigenvalue weighted by molar-refractivity contribution is 5.79. The summed E-state index contributed by atoms with van der Waals surface area (Å²) < 4.78 is 5.74. The van der Waals surface area contributed by atoms with Crippen LogP contribution in [0.25, 0.3) is 10.9 Å². The Morgan fingerprint density at radius 3 is 2.76 bits per heavy atom. The Kier molecular flexibility index (Phi) is 6.61. The molecule has 0 saturated carbocycles. The minimum absolute atomic E-state index is 0.157. The van der Waals surface area contributed by atoms with Crippen molar-refractivity contribution < 1.29 is 4.74 Å². The predicted octanol–water partition coefficient (Wildman–Crippen LogP) is 2.12. The first-order chi connectivity index (χ1) is 14.3. The smallest absolute Gasteiger partial charge is 0.258 e. The summed E-state index contributed by atoms with van der Waals surface area (Å²) in [5.74, 6) is 1.20. The maximum atomic E-state index is 12.5. The van der Waals surface area contributed by atoms with Crippen molar-refractivity contribution in [2.24, 2.45) is 5.92 Å². The van der Waals surface area contributed by atoms with Crippen molar-refractivity contribution in [2.45, 2.75) is 32.6 Å². The molecule has 1 fully saturated rings. The molecule has 0 atom stereocenters. The molecule has 29 heavy (non-hydrogen) atoms.